The van der Waals surface area contributed by atoms with E-state index >= 15 is 0 Å². The predicted octanol–water partition coefficient (Wildman–Crippen LogP) is 3.36. The van der Waals surface area contributed by atoms with Gasteiger partial charge < -0.3 is 10.3 Å². The number of amides is 1. The minimum atomic E-state index is 0.0348. The fraction of sp³-hybridized carbons (Fsp3) is 0.450. The van der Waals surface area contributed by atoms with Crippen LogP contribution in [0.15, 0.2) is 42.6 Å². The molecule has 4 heteroatoms. The minimum absolute atomic E-state index is 0.0348. The normalized spacial score (nSPS) is 19.0. The summed E-state index contributed by atoms with van der Waals surface area (Å²) in [5.74, 6) is 0.562. The number of carbonyl (C=O) groups excluding carboxylic acids is 1. The van der Waals surface area contributed by atoms with E-state index in [-0.39, 0.29) is 5.91 Å². The predicted molar refractivity (Wildman–Crippen MR) is 96.9 cm³/mol. The fourth-order valence-electron chi connectivity index (χ4n) is 3.50. The zero-order valence-corrected chi connectivity index (χ0v) is 14.4. The number of nitrogens with one attached hydrogen (secondary N) is 2. The lowest BCUT2D eigenvalue weighted by molar-refractivity contribution is 0.0942. The summed E-state index contributed by atoms with van der Waals surface area (Å²) in [6.07, 6.45) is 5.50. The van der Waals surface area contributed by atoms with E-state index in [2.05, 4.69) is 45.5 Å². The van der Waals surface area contributed by atoms with E-state index in [4.69, 9.17) is 0 Å². The molecule has 0 saturated carbocycles. The molecule has 3 rings (SSSR count). The van der Waals surface area contributed by atoms with Crippen molar-refractivity contribution >= 4 is 5.91 Å². The SMILES string of the molecule is Cc1[nH]ccc1C(=O)NCC1CCCCN(Cc2ccccc2)C1. The molecule has 2 heterocycles. The molecule has 2 aromatic rings. The molecule has 0 spiro atoms. The number of aryl methyl sites for hydroxylation is 1. The average Bonchev–Trinajstić information content (AvgIpc) is 2.89. The van der Waals surface area contributed by atoms with E-state index in [1.165, 1.54) is 24.8 Å². The molecule has 1 atom stereocenters. The molecule has 0 aliphatic carbocycles. The van der Waals surface area contributed by atoms with Crippen molar-refractivity contribution < 1.29 is 4.79 Å². The molecule has 1 amide bonds. The Balaban J connectivity index is 1.53. The van der Waals surface area contributed by atoms with E-state index in [0.29, 0.717) is 5.92 Å². The highest BCUT2D eigenvalue weighted by Gasteiger charge is 2.19. The Hall–Kier alpha value is -2.07. The molecule has 1 saturated heterocycles. The average molecular weight is 325 g/mol. The summed E-state index contributed by atoms with van der Waals surface area (Å²) in [5.41, 5.74) is 3.05. The Morgan fingerprint density at radius 3 is 2.83 bits per heavy atom. The van der Waals surface area contributed by atoms with Crippen molar-refractivity contribution in [3.63, 3.8) is 0 Å². The number of carbonyl (C=O) groups is 1. The number of aromatic amines is 1. The Labute approximate surface area is 144 Å². The summed E-state index contributed by atoms with van der Waals surface area (Å²) in [6, 6.07) is 12.5. The van der Waals surface area contributed by atoms with Gasteiger partial charge in [0.1, 0.15) is 0 Å². The number of aromatic nitrogens is 1. The number of hydrogen-bond acceptors (Lipinski definition) is 2. The van der Waals surface area contributed by atoms with Crippen LogP contribution in [0, 0.1) is 12.8 Å². The second kappa shape index (κ2) is 8.15. The third-order valence-electron chi connectivity index (χ3n) is 4.85. The van der Waals surface area contributed by atoms with Crippen molar-refractivity contribution in [1.82, 2.24) is 15.2 Å². The highest BCUT2D eigenvalue weighted by Crippen LogP contribution is 2.18. The zero-order chi connectivity index (χ0) is 16.8. The summed E-state index contributed by atoms with van der Waals surface area (Å²) in [7, 11) is 0. The monoisotopic (exact) mass is 325 g/mol. The van der Waals surface area contributed by atoms with Crippen molar-refractivity contribution in [3.8, 4) is 0 Å². The number of nitrogens with zero attached hydrogens (tertiary/aromatic N) is 1. The van der Waals surface area contributed by atoms with Gasteiger partial charge in [0.05, 0.1) is 5.56 Å². The fourth-order valence-corrected chi connectivity index (χ4v) is 3.50. The molecule has 1 aliphatic rings. The molecule has 4 nitrogen and oxygen atoms in total. The molecule has 1 aromatic carbocycles. The number of likely N-dealkylation sites (tertiary alicyclic amines) is 1. The van der Waals surface area contributed by atoms with Crippen LogP contribution in [-0.4, -0.2) is 35.4 Å². The molecule has 1 aromatic heterocycles. The van der Waals surface area contributed by atoms with Gasteiger partial charge in [-0.1, -0.05) is 36.8 Å². The van der Waals surface area contributed by atoms with Crippen LogP contribution in [0.4, 0.5) is 0 Å². The van der Waals surface area contributed by atoms with Gasteiger partial charge in [0, 0.05) is 31.5 Å². The van der Waals surface area contributed by atoms with Gasteiger partial charge >= 0.3 is 0 Å². The van der Waals surface area contributed by atoms with Gasteiger partial charge in [0.25, 0.3) is 5.91 Å². The van der Waals surface area contributed by atoms with Crippen LogP contribution in [0.5, 0.6) is 0 Å². The van der Waals surface area contributed by atoms with E-state index in [0.717, 1.165) is 37.4 Å². The van der Waals surface area contributed by atoms with Crippen molar-refractivity contribution in [2.45, 2.75) is 32.7 Å². The van der Waals surface area contributed by atoms with Crippen LogP contribution in [0.3, 0.4) is 0 Å². The number of benzene rings is 1. The molecule has 1 fully saturated rings. The maximum absolute atomic E-state index is 12.3. The summed E-state index contributed by atoms with van der Waals surface area (Å²) in [6.45, 7) is 5.90. The van der Waals surface area contributed by atoms with Crippen molar-refractivity contribution in [2.24, 2.45) is 5.92 Å². The summed E-state index contributed by atoms with van der Waals surface area (Å²) >= 11 is 0. The first-order valence-corrected chi connectivity index (χ1v) is 8.91. The van der Waals surface area contributed by atoms with E-state index in [1.54, 1.807) is 0 Å². The van der Waals surface area contributed by atoms with Crippen LogP contribution < -0.4 is 5.32 Å². The summed E-state index contributed by atoms with van der Waals surface area (Å²) in [4.78, 5) is 17.9. The van der Waals surface area contributed by atoms with E-state index in [1.807, 2.05) is 19.2 Å². The quantitative estimate of drug-likeness (QED) is 0.885. The van der Waals surface area contributed by atoms with Gasteiger partial charge in [0.2, 0.25) is 0 Å². The second-order valence-corrected chi connectivity index (χ2v) is 6.81. The number of rotatable bonds is 5. The third kappa shape index (κ3) is 4.48. The molecule has 0 bridgehead atoms. The Bertz CT molecular complexity index is 650. The molecule has 2 N–H and O–H groups in total. The van der Waals surface area contributed by atoms with Crippen LogP contribution in [0.2, 0.25) is 0 Å². The number of hydrogen-bond donors (Lipinski definition) is 2. The largest absolute Gasteiger partial charge is 0.365 e. The Morgan fingerprint density at radius 1 is 1.25 bits per heavy atom. The molecule has 128 valence electrons. The van der Waals surface area contributed by atoms with Crippen molar-refractivity contribution in [3.05, 3.63) is 59.4 Å². The van der Waals surface area contributed by atoms with Gasteiger partial charge in [-0.2, -0.15) is 0 Å². The van der Waals surface area contributed by atoms with Gasteiger partial charge in [-0.15, -0.1) is 0 Å². The lowest BCUT2D eigenvalue weighted by atomic mass is 10.0. The molecule has 1 unspecified atom stereocenters. The van der Waals surface area contributed by atoms with Crippen LogP contribution in [-0.2, 0) is 6.54 Å². The first-order valence-electron chi connectivity index (χ1n) is 8.91. The molecule has 0 radical (unpaired) electrons. The van der Waals surface area contributed by atoms with Gasteiger partial charge in [0.15, 0.2) is 0 Å². The van der Waals surface area contributed by atoms with Gasteiger partial charge in [-0.05, 0) is 43.9 Å². The first kappa shape index (κ1) is 16.8. The summed E-state index contributed by atoms with van der Waals surface area (Å²) in [5, 5.41) is 3.12. The smallest absolute Gasteiger partial charge is 0.253 e. The summed E-state index contributed by atoms with van der Waals surface area (Å²) < 4.78 is 0. The molecular formula is C20H27N3O. The zero-order valence-electron chi connectivity index (χ0n) is 14.4. The topological polar surface area (TPSA) is 48.1 Å². The third-order valence-corrected chi connectivity index (χ3v) is 4.85. The van der Waals surface area contributed by atoms with Crippen LogP contribution >= 0.6 is 0 Å². The highest BCUT2D eigenvalue weighted by atomic mass is 16.1. The minimum Gasteiger partial charge on any atom is -0.365 e. The van der Waals surface area contributed by atoms with Crippen molar-refractivity contribution in [2.75, 3.05) is 19.6 Å². The Kier molecular flexibility index (Phi) is 5.70. The van der Waals surface area contributed by atoms with Gasteiger partial charge in [-0.3, -0.25) is 9.69 Å². The highest BCUT2D eigenvalue weighted by molar-refractivity contribution is 5.95. The van der Waals surface area contributed by atoms with Crippen LogP contribution in [0.25, 0.3) is 0 Å². The first-order chi connectivity index (χ1) is 11.7. The maximum Gasteiger partial charge on any atom is 0.253 e. The lowest BCUT2D eigenvalue weighted by Crippen LogP contribution is -2.35. The lowest BCUT2D eigenvalue weighted by Gasteiger charge is -2.24. The standard InChI is InChI=1S/C20H27N3O/c1-16-19(10-11-21-16)20(24)22-13-18-9-5-6-12-23(15-18)14-17-7-3-2-4-8-17/h2-4,7-8,10-11,18,21H,5-6,9,12-15H2,1H3,(H,22,24). The van der Waals surface area contributed by atoms with E-state index < -0.39 is 0 Å². The van der Waals surface area contributed by atoms with Crippen molar-refractivity contribution in [1.29, 1.82) is 0 Å². The van der Waals surface area contributed by atoms with E-state index in [9.17, 15) is 4.79 Å². The second-order valence-electron chi connectivity index (χ2n) is 6.81. The van der Waals surface area contributed by atoms with Gasteiger partial charge in [-0.25, -0.2) is 0 Å². The maximum atomic E-state index is 12.3. The number of H-pyrrole nitrogens is 1. The molecular weight excluding hydrogens is 298 g/mol. The Morgan fingerprint density at radius 2 is 2.08 bits per heavy atom. The molecule has 24 heavy (non-hydrogen) atoms. The molecule has 1 aliphatic heterocycles. The van der Waals surface area contributed by atoms with Crippen LogP contribution in [0.1, 0.15) is 40.9 Å².